The Morgan fingerprint density at radius 1 is 0.471 bits per heavy atom. The van der Waals surface area contributed by atoms with E-state index in [1.807, 2.05) is 0 Å². The van der Waals surface area contributed by atoms with Gasteiger partial charge in [-0.25, -0.2) is 0 Å². The van der Waals surface area contributed by atoms with E-state index in [9.17, 15) is 4.79 Å². The molecule has 4 atom stereocenters. The van der Waals surface area contributed by atoms with Gasteiger partial charge in [-0.05, 0) is 54.8 Å². The summed E-state index contributed by atoms with van der Waals surface area (Å²) in [6, 6.07) is 0. The van der Waals surface area contributed by atoms with Crippen molar-refractivity contribution in [3.8, 4) is 0 Å². The van der Waals surface area contributed by atoms with Gasteiger partial charge >= 0.3 is 0 Å². The number of carbonyl (C=O) groups excluding carboxylic acids is 1. The number of aldehydes is 1. The largest absolute Gasteiger partial charge is 0.396 e. The molecule has 0 spiro atoms. The lowest BCUT2D eigenvalue weighted by atomic mass is 9.92. The lowest BCUT2D eigenvalue weighted by Crippen LogP contribution is -2.00. The summed E-state index contributed by atoms with van der Waals surface area (Å²) in [5, 5.41) is 8.77. The van der Waals surface area contributed by atoms with Gasteiger partial charge in [-0.2, -0.15) is 0 Å². The van der Waals surface area contributed by atoms with Crippen molar-refractivity contribution in [3.63, 3.8) is 0 Å². The second-order valence-corrected chi connectivity index (χ2v) is 12.5. The predicted molar refractivity (Wildman–Crippen MR) is 153 cm³/mol. The first-order chi connectivity index (χ1) is 16.1. The smallest absolute Gasteiger partial charge is 0.120 e. The van der Waals surface area contributed by atoms with Crippen LogP contribution in [0.5, 0.6) is 0 Å². The van der Waals surface area contributed by atoms with Gasteiger partial charge in [0.2, 0.25) is 0 Å². The van der Waals surface area contributed by atoms with Crippen molar-refractivity contribution in [1.29, 1.82) is 0 Å². The molecule has 0 aliphatic carbocycles. The SMILES string of the molecule is CC(C)CCCC(C)CCCC(C)CCC=O.CC(C)CCCC(C)CCCC(C)CCCO. The quantitative estimate of drug-likeness (QED) is 0.156. The average Bonchev–Trinajstić information content (AvgIpc) is 2.76. The van der Waals surface area contributed by atoms with E-state index in [1.165, 1.54) is 83.5 Å². The Morgan fingerprint density at radius 2 is 0.765 bits per heavy atom. The molecule has 0 amide bonds. The van der Waals surface area contributed by atoms with Crippen LogP contribution in [0.4, 0.5) is 0 Å². The molecule has 0 aromatic heterocycles. The molecular formula is C32H66O2. The molecule has 34 heavy (non-hydrogen) atoms. The maximum absolute atomic E-state index is 10.3. The lowest BCUT2D eigenvalue weighted by molar-refractivity contribution is -0.108. The average molecular weight is 483 g/mol. The molecule has 0 aromatic rings. The van der Waals surface area contributed by atoms with Gasteiger partial charge < -0.3 is 9.90 Å². The minimum Gasteiger partial charge on any atom is -0.396 e. The molecule has 0 aromatic carbocycles. The number of hydrogen-bond acceptors (Lipinski definition) is 2. The molecule has 0 fully saturated rings. The fourth-order valence-corrected chi connectivity index (χ4v) is 4.75. The van der Waals surface area contributed by atoms with Crippen molar-refractivity contribution in [1.82, 2.24) is 0 Å². The van der Waals surface area contributed by atoms with Crippen LogP contribution in [0, 0.1) is 35.5 Å². The topological polar surface area (TPSA) is 37.3 Å². The number of rotatable bonds is 22. The standard InChI is InChI=1S/C16H34O.C16H32O/c2*1-14(2)8-5-9-15(3)10-6-11-16(4)12-7-13-17/h14-17H,5-13H2,1-4H3;13-16H,5-12H2,1-4H3. The highest BCUT2D eigenvalue weighted by Gasteiger charge is 2.07. The summed E-state index contributed by atoms with van der Waals surface area (Å²) < 4.78 is 0. The van der Waals surface area contributed by atoms with Gasteiger partial charge in [-0.3, -0.25) is 0 Å². The Balaban J connectivity index is 0. The molecular weight excluding hydrogens is 416 g/mol. The van der Waals surface area contributed by atoms with Gasteiger partial charge in [-0.1, -0.05) is 132 Å². The van der Waals surface area contributed by atoms with Crippen molar-refractivity contribution < 1.29 is 9.90 Å². The van der Waals surface area contributed by atoms with E-state index in [-0.39, 0.29) is 0 Å². The summed E-state index contributed by atoms with van der Waals surface area (Å²) in [5.74, 6) is 5.02. The normalized spacial score (nSPS) is 15.0. The van der Waals surface area contributed by atoms with E-state index in [2.05, 4.69) is 55.4 Å². The molecule has 0 radical (unpaired) electrons. The Bertz CT molecular complexity index is 404. The third-order valence-corrected chi connectivity index (χ3v) is 7.38. The zero-order chi connectivity index (χ0) is 26.2. The zero-order valence-corrected chi connectivity index (χ0v) is 24.9. The van der Waals surface area contributed by atoms with Crippen LogP contribution >= 0.6 is 0 Å². The second-order valence-electron chi connectivity index (χ2n) is 12.5. The molecule has 0 saturated heterocycles. The Kier molecular flexibility index (Phi) is 27.1. The maximum Gasteiger partial charge on any atom is 0.120 e. The third kappa shape index (κ3) is 29.7. The molecule has 0 rings (SSSR count). The van der Waals surface area contributed by atoms with Gasteiger partial charge in [0.25, 0.3) is 0 Å². The summed E-state index contributed by atoms with van der Waals surface area (Å²) in [6.07, 6.45) is 21.5. The van der Waals surface area contributed by atoms with Crippen molar-refractivity contribution in [2.45, 2.75) is 158 Å². The van der Waals surface area contributed by atoms with E-state index >= 15 is 0 Å². The molecule has 0 aliphatic heterocycles. The van der Waals surface area contributed by atoms with Crippen LogP contribution < -0.4 is 0 Å². The first-order valence-electron chi connectivity index (χ1n) is 15.2. The Morgan fingerprint density at radius 3 is 1.06 bits per heavy atom. The van der Waals surface area contributed by atoms with Crippen molar-refractivity contribution in [3.05, 3.63) is 0 Å². The van der Waals surface area contributed by atoms with Crippen LogP contribution in [-0.2, 0) is 4.79 Å². The number of aliphatic hydroxyl groups is 1. The molecule has 0 heterocycles. The van der Waals surface area contributed by atoms with Crippen LogP contribution in [0.2, 0.25) is 0 Å². The van der Waals surface area contributed by atoms with Crippen molar-refractivity contribution in [2.24, 2.45) is 35.5 Å². The fourth-order valence-electron chi connectivity index (χ4n) is 4.75. The minimum absolute atomic E-state index is 0.357. The van der Waals surface area contributed by atoms with Gasteiger partial charge in [0.15, 0.2) is 0 Å². The molecule has 4 unspecified atom stereocenters. The molecule has 2 heteroatoms. The monoisotopic (exact) mass is 483 g/mol. The number of hydrogen-bond donors (Lipinski definition) is 1. The molecule has 2 nitrogen and oxygen atoms in total. The van der Waals surface area contributed by atoms with Gasteiger partial charge in [0, 0.05) is 13.0 Å². The van der Waals surface area contributed by atoms with Crippen molar-refractivity contribution in [2.75, 3.05) is 6.61 Å². The van der Waals surface area contributed by atoms with Crippen LogP contribution in [-0.4, -0.2) is 18.0 Å². The van der Waals surface area contributed by atoms with Crippen molar-refractivity contribution >= 4 is 6.29 Å². The highest BCUT2D eigenvalue weighted by atomic mass is 16.2. The minimum atomic E-state index is 0.357. The van der Waals surface area contributed by atoms with E-state index in [4.69, 9.17) is 5.11 Å². The molecule has 0 saturated carbocycles. The van der Waals surface area contributed by atoms with E-state index in [0.29, 0.717) is 6.61 Å². The molecule has 206 valence electrons. The summed E-state index contributed by atoms with van der Waals surface area (Å²) in [5.41, 5.74) is 0. The Hall–Kier alpha value is -0.370. The summed E-state index contributed by atoms with van der Waals surface area (Å²) in [7, 11) is 0. The summed E-state index contributed by atoms with van der Waals surface area (Å²) >= 11 is 0. The van der Waals surface area contributed by atoms with E-state index < -0.39 is 0 Å². The number of carbonyl (C=O) groups is 1. The van der Waals surface area contributed by atoms with Gasteiger partial charge in [-0.15, -0.1) is 0 Å². The highest BCUT2D eigenvalue weighted by molar-refractivity contribution is 5.49. The zero-order valence-electron chi connectivity index (χ0n) is 24.9. The van der Waals surface area contributed by atoms with Crippen LogP contribution in [0.15, 0.2) is 0 Å². The predicted octanol–water partition coefficient (Wildman–Crippen LogP) is 10.3. The maximum atomic E-state index is 10.3. The van der Waals surface area contributed by atoms with Crippen LogP contribution in [0.1, 0.15) is 158 Å². The van der Waals surface area contributed by atoms with Crippen LogP contribution in [0.3, 0.4) is 0 Å². The lowest BCUT2D eigenvalue weighted by Gasteiger charge is -2.14. The van der Waals surface area contributed by atoms with Crippen LogP contribution in [0.25, 0.3) is 0 Å². The van der Waals surface area contributed by atoms with Gasteiger partial charge in [0.05, 0.1) is 0 Å². The first kappa shape index (κ1) is 35.8. The molecule has 0 bridgehead atoms. The third-order valence-electron chi connectivity index (χ3n) is 7.38. The first-order valence-corrected chi connectivity index (χ1v) is 15.2. The Labute approximate surface area is 216 Å². The highest BCUT2D eigenvalue weighted by Crippen LogP contribution is 2.21. The number of aliphatic hydroxyl groups excluding tert-OH is 1. The summed E-state index contributed by atoms with van der Waals surface area (Å²) in [4.78, 5) is 10.3. The summed E-state index contributed by atoms with van der Waals surface area (Å²) in [6.45, 7) is 19.0. The molecule has 1 N–H and O–H groups in total. The fraction of sp³-hybridized carbons (Fsp3) is 0.969. The van der Waals surface area contributed by atoms with E-state index in [0.717, 1.165) is 61.1 Å². The molecule has 0 aliphatic rings. The van der Waals surface area contributed by atoms with E-state index in [1.54, 1.807) is 0 Å². The van der Waals surface area contributed by atoms with Gasteiger partial charge in [0.1, 0.15) is 6.29 Å². The second kappa shape index (κ2) is 25.7.